The number of ether oxygens (including phenoxy) is 3. The number of allylic oxidation sites excluding steroid dienone is 2. The van der Waals surface area contributed by atoms with Gasteiger partial charge in [-0.15, -0.1) is 13.2 Å². The molecule has 1 saturated carbocycles. The molecule has 0 heterocycles. The van der Waals surface area contributed by atoms with Crippen LogP contribution in [0, 0.1) is 41.0 Å². The van der Waals surface area contributed by atoms with E-state index in [1.165, 1.54) is 5.57 Å². The average Bonchev–Trinajstić information content (AvgIpc) is 2.89. The van der Waals surface area contributed by atoms with E-state index in [9.17, 15) is 44.3 Å². The molecule has 13 heteroatoms. The number of hydrogen-bond acceptors (Lipinski definition) is 4. The Bertz CT molecular complexity index is 1280. The van der Waals surface area contributed by atoms with E-state index < -0.39 is 70.4 Å². The average molecular weight is 611 g/mol. The van der Waals surface area contributed by atoms with Crippen molar-refractivity contribution in [2.45, 2.75) is 70.8 Å². The minimum Gasteiger partial charge on any atom is -0.429 e. The minimum absolute atomic E-state index is 0.0779. The summed E-state index contributed by atoms with van der Waals surface area (Å²) in [7, 11) is 0. The first-order valence-corrected chi connectivity index (χ1v) is 13.4. The Morgan fingerprint density at radius 3 is 1.88 bits per heavy atom. The lowest BCUT2D eigenvalue weighted by molar-refractivity contribution is -0.276. The maximum Gasteiger partial charge on any atom is 0.573 e. The molecule has 4 rings (SSSR count). The van der Waals surface area contributed by atoms with Crippen LogP contribution in [0.25, 0.3) is 0 Å². The van der Waals surface area contributed by atoms with Gasteiger partial charge in [0, 0.05) is 24.3 Å². The van der Waals surface area contributed by atoms with Crippen molar-refractivity contribution in [2.75, 3.05) is 0 Å². The number of hydrogen-bond donors (Lipinski definition) is 0. The summed E-state index contributed by atoms with van der Waals surface area (Å²) in [5.74, 6) is -12.2. The van der Waals surface area contributed by atoms with E-state index in [4.69, 9.17) is 4.74 Å². The van der Waals surface area contributed by atoms with E-state index in [0.717, 1.165) is 38.5 Å². The quantitative estimate of drug-likeness (QED) is 0.129. The van der Waals surface area contributed by atoms with E-state index >= 15 is 0 Å². The molecule has 42 heavy (non-hydrogen) atoms. The van der Waals surface area contributed by atoms with Crippen molar-refractivity contribution in [3.63, 3.8) is 0 Å². The third kappa shape index (κ3) is 7.52. The Hall–Kier alpha value is -3.38. The molecule has 1 unspecified atom stereocenters. The van der Waals surface area contributed by atoms with Gasteiger partial charge in [0.05, 0.1) is 5.92 Å². The fraction of sp³-hybridized carbons (Fsp3) is 0.483. The fourth-order valence-electron chi connectivity index (χ4n) is 5.44. The third-order valence-corrected chi connectivity index (χ3v) is 7.68. The van der Waals surface area contributed by atoms with Crippen LogP contribution >= 0.6 is 0 Å². The van der Waals surface area contributed by atoms with Crippen molar-refractivity contribution in [1.29, 1.82) is 0 Å². The van der Waals surface area contributed by atoms with Crippen LogP contribution in [0.4, 0.5) is 39.5 Å². The third-order valence-electron chi connectivity index (χ3n) is 7.68. The van der Waals surface area contributed by atoms with Gasteiger partial charge < -0.3 is 14.2 Å². The summed E-state index contributed by atoms with van der Waals surface area (Å²) in [5.41, 5.74) is -0.587. The van der Waals surface area contributed by atoms with Gasteiger partial charge >= 0.3 is 18.4 Å². The molecule has 0 radical (unpaired) electrons. The Kier molecular flexibility index (Phi) is 9.36. The van der Waals surface area contributed by atoms with E-state index in [-0.39, 0.29) is 12.1 Å². The van der Waals surface area contributed by atoms with Gasteiger partial charge in [-0.2, -0.15) is 8.78 Å². The van der Waals surface area contributed by atoms with Gasteiger partial charge in [0.1, 0.15) is 28.7 Å². The zero-order valence-electron chi connectivity index (χ0n) is 22.3. The summed E-state index contributed by atoms with van der Waals surface area (Å²) < 4.78 is 135. The predicted molar refractivity (Wildman–Crippen MR) is 131 cm³/mol. The maximum absolute atomic E-state index is 14.6. The van der Waals surface area contributed by atoms with Crippen LogP contribution in [0.3, 0.4) is 0 Å². The van der Waals surface area contributed by atoms with Crippen LogP contribution in [-0.2, 0) is 10.9 Å². The SMILES string of the molecule is CCC1CC=C(C2CCC(C(=O)Oc3cc(F)c(C(F)(F)Oc4cc(F)c(OC(F)(F)F)c(F)c4)c(F)c3)CC2)CC1. The minimum atomic E-state index is -5.49. The fourth-order valence-corrected chi connectivity index (χ4v) is 5.44. The number of carbonyl (C=O) groups excluding carboxylic acids is 1. The molecule has 0 N–H and O–H groups in total. The lowest BCUT2D eigenvalue weighted by Crippen LogP contribution is -2.27. The first kappa shape index (κ1) is 31.6. The molecule has 2 aromatic carbocycles. The molecule has 2 aromatic rings. The molecule has 0 amide bonds. The summed E-state index contributed by atoms with van der Waals surface area (Å²) >= 11 is 0. The van der Waals surface area contributed by atoms with Crippen molar-refractivity contribution in [2.24, 2.45) is 17.8 Å². The second-order valence-corrected chi connectivity index (χ2v) is 10.4. The number of alkyl halides is 5. The van der Waals surface area contributed by atoms with Gasteiger partial charge in [0.15, 0.2) is 11.6 Å². The molecule has 0 aromatic heterocycles. The van der Waals surface area contributed by atoms with Crippen LogP contribution in [0.2, 0.25) is 0 Å². The van der Waals surface area contributed by atoms with Crippen molar-refractivity contribution in [3.8, 4) is 17.2 Å². The van der Waals surface area contributed by atoms with Crippen molar-refractivity contribution >= 4 is 5.97 Å². The Morgan fingerprint density at radius 1 is 0.810 bits per heavy atom. The lowest BCUT2D eigenvalue weighted by Gasteiger charge is -2.32. The standard InChI is InChI=1S/C29H27F9O4/c1-2-15-3-5-16(6-4-15)17-7-9-18(10-8-17)27(39)40-19-11-21(30)25(22(31)12-19)28(34,35)41-20-13-23(32)26(24(33)14-20)42-29(36,37)38/h5,11-15,17-18H,2-4,6-10H2,1H3. The summed E-state index contributed by atoms with van der Waals surface area (Å²) in [6.45, 7) is 2.16. The molecule has 2 aliphatic carbocycles. The second kappa shape index (κ2) is 12.5. The highest BCUT2D eigenvalue weighted by Gasteiger charge is 2.42. The summed E-state index contributed by atoms with van der Waals surface area (Å²) in [6, 6.07) is 0.506. The van der Waals surface area contributed by atoms with Crippen LogP contribution in [0.5, 0.6) is 17.2 Å². The summed E-state index contributed by atoms with van der Waals surface area (Å²) in [6.07, 6.45) is -1.26. The first-order valence-electron chi connectivity index (χ1n) is 13.4. The second-order valence-electron chi connectivity index (χ2n) is 10.4. The number of esters is 1. The van der Waals surface area contributed by atoms with Crippen LogP contribution in [-0.4, -0.2) is 12.3 Å². The molecule has 0 aliphatic heterocycles. The molecular weight excluding hydrogens is 583 g/mol. The normalized spacial score (nSPS) is 21.5. The molecule has 0 bridgehead atoms. The van der Waals surface area contributed by atoms with Gasteiger partial charge in [0.25, 0.3) is 0 Å². The summed E-state index contributed by atoms with van der Waals surface area (Å²) in [5, 5.41) is 0. The van der Waals surface area contributed by atoms with E-state index in [1.807, 2.05) is 0 Å². The molecule has 2 aliphatic rings. The molecule has 230 valence electrons. The first-order chi connectivity index (χ1) is 19.7. The highest BCUT2D eigenvalue weighted by atomic mass is 19.4. The molecule has 0 spiro atoms. The highest BCUT2D eigenvalue weighted by Crippen LogP contribution is 2.41. The van der Waals surface area contributed by atoms with E-state index in [1.54, 1.807) is 0 Å². The molecule has 1 fully saturated rings. The summed E-state index contributed by atoms with van der Waals surface area (Å²) in [4.78, 5) is 12.6. The van der Waals surface area contributed by atoms with Gasteiger partial charge in [0.2, 0.25) is 5.75 Å². The topological polar surface area (TPSA) is 44.8 Å². The number of rotatable bonds is 8. The molecule has 4 nitrogen and oxygen atoms in total. The largest absolute Gasteiger partial charge is 0.573 e. The van der Waals surface area contributed by atoms with Crippen molar-refractivity contribution < 1.29 is 58.5 Å². The van der Waals surface area contributed by atoms with E-state index in [0.29, 0.717) is 36.8 Å². The van der Waals surface area contributed by atoms with Crippen LogP contribution < -0.4 is 14.2 Å². The maximum atomic E-state index is 14.6. The highest BCUT2D eigenvalue weighted by molar-refractivity contribution is 5.75. The van der Waals surface area contributed by atoms with Crippen LogP contribution in [0.1, 0.15) is 63.9 Å². The lowest BCUT2D eigenvalue weighted by atomic mass is 9.74. The number of carbonyl (C=O) groups is 1. The Balaban J connectivity index is 1.40. The zero-order chi connectivity index (χ0) is 30.8. The number of benzene rings is 2. The van der Waals surface area contributed by atoms with Gasteiger partial charge in [-0.3, -0.25) is 4.79 Å². The van der Waals surface area contributed by atoms with Crippen LogP contribution in [0.15, 0.2) is 35.9 Å². The zero-order valence-corrected chi connectivity index (χ0v) is 22.3. The van der Waals surface area contributed by atoms with Gasteiger partial charge in [-0.05, 0) is 56.8 Å². The predicted octanol–water partition coefficient (Wildman–Crippen LogP) is 9.12. The Morgan fingerprint density at radius 2 is 1.38 bits per heavy atom. The molecule has 1 atom stereocenters. The monoisotopic (exact) mass is 610 g/mol. The Labute approximate surface area is 235 Å². The number of halogens is 9. The van der Waals surface area contributed by atoms with Gasteiger partial charge in [-0.25, -0.2) is 17.6 Å². The van der Waals surface area contributed by atoms with Crippen molar-refractivity contribution in [3.05, 3.63) is 64.7 Å². The van der Waals surface area contributed by atoms with Crippen molar-refractivity contribution in [1.82, 2.24) is 0 Å². The molecule has 0 saturated heterocycles. The smallest absolute Gasteiger partial charge is 0.429 e. The molecular formula is C29H27F9O4. The van der Waals surface area contributed by atoms with E-state index in [2.05, 4.69) is 22.5 Å². The van der Waals surface area contributed by atoms with Gasteiger partial charge in [-0.1, -0.05) is 25.0 Å².